The van der Waals surface area contributed by atoms with Gasteiger partial charge in [-0.15, -0.1) is 0 Å². The van der Waals surface area contributed by atoms with Crippen molar-refractivity contribution in [3.05, 3.63) is 0 Å². The summed E-state index contributed by atoms with van der Waals surface area (Å²) in [6, 6.07) is 0. The van der Waals surface area contributed by atoms with Gasteiger partial charge in [-0.2, -0.15) is 0 Å². The van der Waals surface area contributed by atoms with Crippen molar-refractivity contribution in [1.29, 1.82) is 0 Å². The molecule has 0 spiro atoms. The fourth-order valence-corrected chi connectivity index (χ4v) is 2.05. The number of hydrogen-bond acceptors (Lipinski definition) is 2. The monoisotopic (exact) mass is 199 g/mol. The first-order chi connectivity index (χ1) is 6.70. The Morgan fingerprint density at radius 3 is 2.43 bits per heavy atom. The van der Waals surface area contributed by atoms with Crippen LogP contribution in [0.15, 0.2) is 0 Å². The molecule has 1 N–H and O–H groups in total. The zero-order chi connectivity index (χ0) is 10.4. The highest BCUT2D eigenvalue weighted by atomic mass is 16.5. The molecule has 1 aliphatic carbocycles. The molecule has 1 rings (SSSR count). The fraction of sp³-hybridized carbons (Fsp3) is 1.00. The maximum absolute atomic E-state index is 6.19. The summed E-state index contributed by atoms with van der Waals surface area (Å²) in [5.41, 5.74) is 0.0466. The predicted octanol–water partition coefficient (Wildman–Crippen LogP) is 2.72. The lowest BCUT2D eigenvalue weighted by atomic mass is 10.0. The molecule has 0 amide bonds. The van der Waals surface area contributed by atoms with Crippen LogP contribution in [0.2, 0.25) is 0 Å². The maximum Gasteiger partial charge on any atom is 0.0779 e. The molecule has 0 bridgehead atoms. The Bertz CT molecular complexity index is 154. The van der Waals surface area contributed by atoms with Crippen molar-refractivity contribution in [3.63, 3.8) is 0 Å². The van der Waals surface area contributed by atoms with Gasteiger partial charge in [0, 0.05) is 6.54 Å². The minimum Gasteiger partial charge on any atom is -0.371 e. The minimum atomic E-state index is 0.0466. The molecule has 1 atom stereocenters. The van der Waals surface area contributed by atoms with Crippen LogP contribution in [0.25, 0.3) is 0 Å². The van der Waals surface area contributed by atoms with Crippen LogP contribution < -0.4 is 5.32 Å². The van der Waals surface area contributed by atoms with Crippen LogP contribution in [0.5, 0.6) is 0 Å². The van der Waals surface area contributed by atoms with Crippen molar-refractivity contribution in [3.8, 4) is 0 Å². The molecular weight excluding hydrogens is 174 g/mol. The van der Waals surface area contributed by atoms with Gasteiger partial charge in [0.1, 0.15) is 0 Å². The smallest absolute Gasteiger partial charge is 0.0779 e. The Morgan fingerprint density at radius 1 is 1.29 bits per heavy atom. The van der Waals surface area contributed by atoms with E-state index in [0.717, 1.165) is 19.5 Å². The van der Waals surface area contributed by atoms with Crippen molar-refractivity contribution in [1.82, 2.24) is 5.32 Å². The van der Waals surface area contributed by atoms with E-state index in [1.807, 2.05) is 0 Å². The Labute approximate surface area is 88.4 Å². The molecule has 0 aliphatic heterocycles. The second-order valence-corrected chi connectivity index (χ2v) is 4.61. The van der Waals surface area contributed by atoms with E-state index in [0.29, 0.717) is 6.10 Å². The molecule has 0 saturated heterocycles. The molecule has 1 aliphatic rings. The lowest BCUT2D eigenvalue weighted by Crippen LogP contribution is -2.42. The van der Waals surface area contributed by atoms with E-state index in [2.05, 4.69) is 26.1 Å². The zero-order valence-corrected chi connectivity index (χ0v) is 9.94. The average Bonchev–Trinajstić information content (AvgIpc) is 2.67. The van der Waals surface area contributed by atoms with Gasteiger partial charge in [-0.25, -0.2) is 0 Å². The van der Waals surface area contributed by atoms with Gasteiger partial charge in [0.05, 0.1) is 11.7 Å². The van der Waals surface area contributed by atoms with E-state index >= 15 is 0 Å². The van der Waals surface area contributed by atoms with Crippen LogP contribution in [-0.2, 0) is 4.74 Å². The van der Waals surface area contributed by atoms with Crippen LogP contribution in [0.1, 0.15) is 52.9 Å². The molecule has 0 aromatic carbocycles. The molecule has 0 heterocycles. The van der Waals surface area contributed by atoms with E-state index in [9.17, 15) is 0 Å². The summed E-state index contributed by atoms with van der Waals surface area (Å²) in [4.78, 5) is 0. The van der Waals surface area contributed by atoms with Gasteiger partial charge in [0.2, 0.25) is 0 Å². The number of rotatable bonds is 6. The van der Waals surface area contributed by atoms with Gasteiger partial charge in [-0.05, 0) is 32.7 Å². The van der Waals surface area contributed by atoms with Crippen LogP contribution in [0.4, 0.5) is 0 Å². The molecule has 0 radical (unpaired) electrons. The highest BCUT2D eigenvalue weighted by molar-refractivity contribution is 4.80. The third-order valence-electron chi connectivity index (χ3n) is 3.25. The predicted molar refractivity (Wildman–Crippen MR) is 60.6 cm³/mol. The highest BCUT2D eigenvalue weighted by Crippen LogP contribution is 2.27. The van der Waals surface area contributed by atoms with Gasteiger partial charge in [-0.1, -0.05) is 26.7 Å². The van der Waals surface area contributed by atoms with E-state index in [4.69, 9.17) is 4.74 Å². The van der Waals surface area contributed by atoms with E-state index < -0.39 is 0 Å². The molecule has 0 aromatic heterocycles. The molecule has 0 aromatic rings. The summed E-state index contributed by atoms with van der Waals surface area (Å²) in [6.07, 6.45) is 6.86. The Kier molecular flexibility index (Phi) is 4.90. The number of likely N-dealkylation sites (N-methyl/N-ethyl adjacent to an activating group) is 1. The summed E-state index contributed by atoms with van der Waals surface area (Å²) < 4.78 is 6.19. The highest BCUT2D eigenvalue weighted by Gasteiger charge is 2.28. The Morgan fingerprint density at radius 2 is 1.93 bits per heavy atom. The van der Waals surface area contributed by atoms with Gasteiger partial charge in [0.25, 0.3) is 0 Å². The van der Waals surface area contributed by atoms with Gasteiger partial charge in [-0.3, -0.25) is 0 Å². The van der Waals surface area contributed by atoms with E-state index in [-0.39, 0.29) is 5.60 Å². The Balaban J connectivity index is 2.34. The summed E-state index contributed by atoms with van der Waals surface area (Å²) in [5, 5.41) is 3.39. The molecule has 2 nitrogen and oxygen atoms in total. The molecule has 1 unspecified atom stereocenters. The number of hydrogen-bond donors (Lipinski definition) is 1. The lowest BCUT2D eigenvalue weighted by molar-refractivity contribution is -0.0799. The van der Waals surface area contributed by atoms with Crippen LogP contribution in [0.3, 0.4) is 0 Å². The van der Waals surface area contributed by atoms with Gasteiger partial charge >= 0.3 is 0 Å². The lowest BCUT2D eigenvalue weighted by Gasteiger charge is -2.32. The third kappa shape index (κ3) is 3.58. The van der Waals surface area contributed by atoms with Crippen molar-refractivity contribution in [2.75, 3.05) is 13.1 Å². The standard InChI is InChI=1S/C12H25NO/c1-4-12(3,10-13-5-2)14-11-8-6-7-9-11/h11,13H,4-10H2,1-3H3. The SMILES string of the molecule is CCNCC(C)(CC)OC1CCCC1. The summed E-state index contributed by atoms with van der Waals surface area (Å²) in [5.74, 6) is 0. The first-order valence-electron chi connectivity index (χ1n) is 6.08. The molecule has 2 heteroatoms. The quantitative estimate of drug-likeness (QED) is 0.710. The number of nitrogens with one attached hydrogen (secondary N) is 1. The topological polar surface area (TPSA) is 21.3 Å². The first kappa shape index (κ1) is 12.0. The summed E-state index contributed by atoms with van der Waals surface area (Å²) in [7, 11) is 0. The minimum absolute atomic E-state index is 0.0466. The second-order valence-electron chi connectivity index (χ2n) is 4.61. The fourth-order valence-electron chi connectivity index (χ4n) is 2.05. The summed E-state index contributed by atoms with van der Waals surface area (Å²) in [6.45, 7) is 8.60. The molecular formula is C12H25NO. The van der Waals surface area contributed by atoms with Crippen molar-refractivity contribution in [2.24, 2.45) is 0 Å². The average molecular weight is 199 g/mol. The van der Waals surface area contributed by atoms with Crippen LogP contribution >= 0.6 is 0 Å². The van der Waals surface area contributed by atoms with Crippen molar-refractivity contribution >= 4 is 0 Å². The molecule has 84 valence electrons. The normalized spacial score (nSPS) is 22.5. The van der Waals surface area contributed by atoms with E-state index in [1.165, 1.54) is 25.7 Å². The molecule has 14 heavy (non-hydrogen) atoms. The largest absolute Gasteiger partial charge is 0.371 e. The first-order valence-corrected chi connectivity index (χ1v) is 6.08. The van der Waals surface area contributed by atoms with Gasteiger partial charge < -0.3 is 10.1 Å². The summed E-state index contributed by atoms with van der Waals surface area (Å²) >= 11 is 0. The number of ether oxygens (including phenoxy) is 1. The van der Waals surface area contributed by atoms with Crippen LogP contribution in [0, 0.1) is 0 Å². The van der Waals surface area contributed by atoms with Crippen molar-refractivity contribution < 1.29 is 4.74 Å². The van der Waals surface area contributed by atoms with Gasteiger partial charge in [0.15, 0.2) is 0 Å². The Hall–Kier alpha value is -0.0800. The molecule has 1 saturated carbocycles. The van der Waals surface area contributed by atoms with E-state index in [1.54, 1.807) is 0 Å². The van der Waals surface area contributed by atoms with Crippen molar-refractivity contribution in [2.45, 2.75) is 64.6 Å². The molecule has 1 fully saturated rings. The van der Waals surface area contributed by atoms with Crippen LogP contribution in [-0.4, -0.2) is 24.8 Å². The maximum atomic E-state index is 6.19. The second kappa shape index (κ2) is 5.72. The third-order valence-corrected chi connectivity index (χ3v) is 3.25. The zero-order valence-electron chi connectivity index (χ0n) is 9.94.